The lowest BCUT2D eigenvalue weighted by Crippen LogP contribution is -1.99. The predicted octanol–water partition coefficient (Wildman–Crippen LogP) is 3.93. The third kappa shape index (κ3) is 3.93. The second-order valence-corrected chi connectivity index (χ2v) is 5.87. The van der Waals surface area contributed by atoms with Crippen LogP contribution < -0.4 is 0 Å². The summed E-state index contributed by atoms with van der Waals surface area (Å²) in [5.41, 5.74) is 1.86. The molecule has 0 saturated carbocycles. The van der Waals surface area contributed by atoms with E-state index < -0.39 is 10.8 Å². The molecule has 0 aliphatic carbocycles. The summed E-state index contributed by atoms with van der Waals surface area (Å²) >= 11 is 5.78. The van der Waals surface area contributed by atoms with Crippen molar-refractivity contribution in [3.8, 4) is 0 Å². The standard InChI is InChI=1S/C14H12ClFOS/c15-13-5-1-11(2-6-13)9-18(17)10-12-3-7-14(16)8-4-12/h1-8H,9-10H2/t18-/m0/s1. The summed E-state index contributed by atoms with van der Waals surface area (Å²) in [5.74, 6) is 0.638. The van der Waals surface area contributed by atoms with Gasteiger partial charge in [-0.2, -0.15) is 0 Å². The number of hydrogen-bond acceptors (Lipinski definition) is 1. The highest BCUT2D eigenvalue weighted by molar-refractivity contribution is 7.83. The van der Waals surface area contributed by atoms with Crippen LogP contribution in [-0.4, -0.2) is 4.21 Å². The SMILES string of the molecule is O=[S@](Cc1ccc(F)cc1)Cc1ccc(Cl)cc1. The first-order valence-corrected chi connectivity index (χ1v) is 7.34. The van der Waals surface area contributed by atoms with Crippen LogP contribution in [0, 0.1) is 5.82 Å². The van der Waals surface area contributed by atoms with E-state index in [4.69, 9.17) is 11.6 Å². The van der Waals surface area contributed by atoms with Gasteiger partial charge in [0.25, 0.3) is 0 Å². The molecular formula is C14H12ClFOS. The lowest BCUT2D eigenvalue weighted by atomic mass is 10.2. The highest BCUT2D eigenvalue weighted by Crippen LogP contribution is 2.13. The van der Waals surface area contributed by atoms with E-state index in [2.05, 4.69) is 0 Å². The van der Waals surface area contributed by atoms with Crippen molar-refractivity contribution in [1.82, 2.24) is 0 Å². The molecule has 94 valence electrons. The number of halogens is 2. The fourth-order valence-electron chi connectivity index (χ4n) is 1.58. The second kappa shape index (κ2) is 6.12. The molecule has 0 spiro atoms. The highest BCUT2D eigenvalue weighted by atomic mass is 35.5. The minimum Gasteiger partial charge on any atom is -0.259 e. The van der Waals surface area contributed by atoms with Crippen molar-refractivity contribution in [3.63, 3.8) is 0 Å². The second-order valence-electron chi connectivity index (χ2n) is 3.98. The van der Waals surface area contributed by atoms with Gasteiger partial charge in [0.2, 0.25) is 0 Å². The van der Waals surface area contributed by atoms with Gasteiger partial charge in [0, 0.05) is 27.3 Å². The molecule has 0 aromatic heterocycles. The number of rotatable bonds is 4. The summed E-state index contributed by atoms with van der Waals surface area (Å²) in [6.45, 7) is 0. The van der Waals surface area contributed by atoms with E-state index in [0.29, 0.717) is 16.5 Å². The Labute approximate surface area is 113 Å². The Bertz CT molecular complexity index is 487. The van der Waals surface area contributed by atoms with Crippen molar-refractivity contribution in [2.75, 3.05) is 0 Å². The molecule has 0 bridgehead atoms. The van der Waals surface area contributed by atoms with Gasteiger partial charge in [-0.25, -0.2) is 4.39 Å². The van der Waals surface area contributed by atoms with Crippen LogP contribution >= 0.6 is 11.6 Å². The molecule has 2 aromatic rings. The molecule has 0 unspecified atom stereocenters. The molecule has 0 aliphatic heterocycles. The van der Waals surface area contributed by atoms with Crippen LogP contribution in [0.4, 0.5) is 4.39 Å². The maximum atomic E-state index is 12.7. The molecule has 2 aromatic carbocycles. The van der Waals surface area contributed by atoms with Crippen molar-refractivity contribution < 1.29 is 8.60 Å². The largest absolute Gasteiger partial charge is 0.259 e. The van der Waals surface area contributed by atoms with Crippen molar-refractivity contribution in [2.24, 2.45) is 0 Å². The van der Waals surface area contributed by atoms with Crippen LogP contribution in [0.2, 0.25) is 5.02 Å². The molecule has 1 atom stereocenters. The van der Waals surface area contributed by atoms with Crippen molar-refractivity contribution >= 4 is 22.4 Å². The average molecular weight is 283 g/mol. The Morgan fingerprint density at radius 1 is 0.889 bits per heavy atom. The zero-order valence-corrected chi connectivity index (χ0v) is 11.2. The summed E-state index contributed by atoms with van der Waals surface area (Å²) in [6, 6.07) is 13.4. The fraction of sp³-hybridized carbons (Fsp3) is 0.143. The predicted molar refractivity (Wildman–Crippen MR) is 73.4 cm³/mol. The van der Waals surface area contributed by atoms with E-state index in [1.54, 1.807) is 24.3 Å². The fourth-order valence-corrected chi connectivity index (χ4v) is 2.94. The molecule has 0 radical (unpaired) electrons. The van der Waals surface area contributed by atoms with Gasteiger partial charge in [0.05, 0.1) is 0 Å². The average Bonchev–Trinajstić information content (AvgIpc) is 2.35. The van der Waals surface area contributed by atoms with Crippen molar-refractivity contribution in [3.05, 3.63) is 70.5 Å². The summed E-state index contributed by atoms with van der Waals surface area (Å²) in [5, 5.41) is 0.670. The maximum absolute atomic E-state index is 12.7. The topological polar surface area (TPSA) is 17.1 Å². The van der Waals surface area contributed by atoms with Gasteiger partial charge in [-0.1, -0.05) is 35.9 Å². The normalized spacial score (nSPS) is 12.3. The van der Waals surface area contributed by atoms with Gasteiger partial charge < -0.3 is 0 Å². The van der Waals surface area contributed by atoms with Crippen LogP contribution in [0.25, 0.3) is 0 Å². The zero-order valence-electron chi connectivity index (χ0n) is 9.61. The minimum atomic E-state index is -1.00. The van der Waals surface area contributed by atoms with E-state index in [1.807, 2.05) is 12.1 Å². The van der Waals surface area contributed by atoms with Gasteiger partial charge in [0.1, 0.15) is 5.82 Å². The summed E-state index contributed by atoms with van der Waals surface area (Å²) in [7, 11) is -1.00. The van der Waals surface area contributed by atoms with E-state index >= 15 is 0 Å². The van der Waals surface area contributed by atoms with Gasteiger partial charge in [-0.15, -0.1) is 0 Å². The lowest BCUT2D eigenvalue weighted by Gasteiger charge is -2.03. The highest BCUT2D eigenvalue weighted by Gasteiger charge is 2.04. The van der Waals surface area contributed by atoms with E-state index in [0.717, 1.165) is 11.1 Å². The molecule has 0 fully saturated rings. The van der Waals surface area contributed by atoms with Gasteiger partial charge in [0.15, 0.2) is 0 Å². The first kappa shape index (κ1) is 13.2. The third-order valence-corrected chi connectivity index (χ3v) is 4.04. The first-order chi connectivity index (χ1) is 8.63. The van der Waals surface area contributed by atoms with Crippen LogP contribution in [-0.2, 0) is 22.3 Å². The van der Waals surface area contributed by atoms with E-state index in [1.165, 1.54) is 12.1 Å². The summed E-state index contributed by atoms with van der Waals surface area (Å²) < 4.78 is 24.7. The monoisotopic (exact) mass is 282 g/mol. The zero-order chi connectivity index (χ0) is 13.0. The molecular weight excluding hydrogens is 271 g/mol. The number of hydrogen-bond donors (Lipinski definition) is 0. The Morgan fingerprint density at radius 3 is 1.83 bits per heavy atom. The molecule has 1 nitrogen and oxygen atoms in total. The number of benzene rings is 2. The van der Waals surface area contributed by atoms with Gasteiger partial charge >= 0.3 is 0 Å². The molecule has 0 saturated heterocycles. The molecule has 18 heavy (non-hydrogen) atoms. The molecule has 0 aliphatic rings. The van der Waals surface area contributed by atoms with Crippen LogP contribution in [0.15, 0.2) is 48.5 Å². The summed E-state index contributed by atoms with van der Waals surface area (Å²) in [6.07, 6.45) is 0. The van der Waals surface area contributed by atoms with Crippen molar-refractivity contribution in [1.29, 1.82) is 0 Å². The van der Waals surface area contributed by atoms with Crippen LogP contribution in [0.5, 0.6) is 0 Å². The molecule has 0 N–H and O–H groups in total. The van der Waals surface area contributed by atoms with Gasteiger partial charge in [-0.05, 0) is 35.4 Å². The van der Waals surface area contributed by atoms with E-state index in [-0.39, 0.29) is 5.82 Å². The van der Waals surface area contributed by atoms with Crippen LogP contribution in [0.3, 0.4) is 0 Å². The molecule has 4 heteroatoms. The Balaban J connectivity index is 1.96. The van der Waals surface area contributed by atoms with Crippen LogP contribution in [0.1, 0.15) is 11.1 Å². The molecule has 0 heterocycles. The van der Waals surface area contributed by atoms with Gasteiger partial charge in [-0.3, -0.25) is 4.21 Å². The summed E-state index contributed by atoms with van der Waals surface area (Å²) in [4.78, 5) is 0. The Kier molecular flexibility index (Phi) is 4.50. The minimum absolute atomic E-state index is 0.276. The molecule has 2 rings (SSSR count). The Hall–Kier alpha value is -1.19. The van der Waals surface area contributed by atoms with Crippen molar-refractivity contribution in [2.45, 2.75) is 11.5 Å². The quantitative estimate of drug-likeness (QED) is 0.830. The van der Waals surface area contributed by atoms with E-state index in [9.17, 15) is 8.60 Å². The lowest BCUT2D eigenvalue weighted by molar-refractivity contribution is 0.627. The smallest absolute Gasteiger partial charge is 0.123 e. The third-order valence-electron chi connectivity index (χ3n) is 2.48. The Morgan fingerprint density at radius 2 is 1.33 bits per heavy atom. The first-order valence-electron chi connectivity index (χ1n) is 5.47. The maximum Gasteiger partial charge on any atom is 0.123 e. The molecule has 0 amide bonds.